The van der Waals surface area contributed by atoms with Crippen molar-refractivity contribution in [2.24, 2.45) is 0 Å². The Morgan fingerprint density at radius 2 is 2.05 bits per heavy atom. The standard InChI is InChI=1S/C13H10ClN7/c14-13-19-11(15)10-12(20-13)21(6-16-10)5-9-17-7-3-1-2-4-8(7)18-9/h1-4,6H,5H2,(H,17,18)(H2,15,19,20). The zero-order valence-corrected chi connectivity index (χ0v) is 11.5. The van der Waals surface area contributed by atoms with Crippen molar-refractivity contribution < 1.29 is 0 Å². The molecule has 0 atom stereocenters. The summed E-state index contributed by atoms with van der Waals surface area (Å²) in [4.78, 5) is 20.1. The van der Waals surface area contributed by atoms with Crippen molar-refractivity contribution in [3.8, 4) is 0 Å². The molecule has 104 valence electrons. The van der Waals surface area contributed by atoms with Crippen molar-refractivity contribution in [1.29, 1.82) is 0 Å². The first-order chi connectivity index (χ1) is 10.2. The molecule has 0 aliphatic heterocycles. The molecule has 0 unspecified atom stereocenters. The van der Waals surface area contributed by atoms with E-state index >= 15 is 0 Å². The first-order valence-corrected chi connectivity index (χ1v) is 6.66. The normalized spacial score (nSPS) is 11.5. The summed E-state index contributed by atoms with van der Waals surface area (Å²) in [6, 6.07) is 7.85. The lowest BCUT2D eigenvalue weighted by Gasteiger charge is -2.01. The van der Waals surface area contributed by atoms with Gasteiger partial charge in [-0.1, -0.05) is 12.1 Å². The molecule has 21 heavy (non-hydrogen) atoms. The van der Waals surface area contributed by atoms with Crippen LogP contribution in [0.4, 0.5) is 5.82 Å². The lowest BCUT2D eigenvalue weighted by atomic mass is 10.3. The average Bonchev–Trinajstić information content (AvgIpc) is 3.03. The summed E-state index contributed by atoms with van der Waals surface area (Å²) in [5, 5.41) is 0.103. The van der Waals surface area contributed by atoms with Crippen LogP contribution in [0.2, 0.25) is 5.28 Å². The predicted molar refractivity (Wildman–Crippen MR) is 79.9 cm³/mol. The Morgan fingerprint density at radius 3 is 2.90 bits per heavy atom. The molecule has 0 aliphatic carbocycles. The maximum Gasteiger partial charge on any atom is 0.226 e. The number of fused-ring (bicyclic) bond motifs is 2. The van der Waals surface area contributed by atoms with Crippen LogP contribution in [-0.2, 0) is 6.54 Å². The molecule has 0 amide bonds. The second-order valence-corrected chi connectivity index (χ2v) is 4.96. The number of benzene rings is 1. The number of nitrogen functional groups attached to an aromatic ring is 1. The summed E-state index contributed by atoms with van der Waals surface area (Å²) in [6.45, 7) is 0.498. The van der Waals surface area contributed by atoms with Gasteiger partial charge in [0.15, 0.2) is 11.5 Å². The zero-order valence-electron chi connectivity index (χ0n) is 10.8. The van der Waals surface area contributed by atoms with E-state index in [9.17, 15) is 0 Å². The zero-order chi connectivity index (χ0) is 14.4. The molecule has 0 bridgehead atoms. The van der Waals surface area contributed by atoms with E-state index in [0.29, 0.717) is 17.7 Å². The van der Waals surface area contributed by atoms with Gasteiger partial charge in [-0.2, -0.15) is 9.97 Å². The SMILES string of the molecule is Nc1nc(Cl)nc2c1ncn2Cc1nc2ccccc2[nH]1. The number of imidazole rings is 2. The molecule has 0 radical (unpaired) electrons. The van der Waals surface area contributed by atoms with Gasteiger partial charge in [-0.25, -0.2) is 9.97 Å². The molecule has 8 heteroatoms. The van der Waals surface area contributed by atoms with Crippen LogP contribution in [0, 0.1) is 0 Å². The van der Waals surface area contributed by atoms with Crippen LogP contribution in [0.25, 0.3) is 22.2 Å². The lowest BCUT2D eigenvalue weighted by molar-refractivity contribution is 0.772. The molecule has 0 fully saturated rings. The second kappa shape index (κ2) is 4.42. The van der Waals surface area contributed by atoms with Gasteiger partial charge in [0.1, 0.15) is 11.3 Å². The van der Waals surface area contributed by atoms with E-state index in [2.05, 4.69) is 24.9 Å². The average molecular weight is 300 g/mol. The summed E-state index contributed by atoms with van der Waals surface area (Å²) in [5.41, 5.74) is 8.83. The van der Waals surface area contributed by atoms with Crippen LogP contribution >= 0.6 is 11.6 Å². The quantitative estimate of drug-likeness (QED) is 0.552. The predicted octanol–water partition coefficient (Wildman–Crippen LogP) is 1.99. The van der Waals surface area contributed by atoms with Gasteiger partial charge < -0.3 is 15.3 Å². The van der Waals surface area contributed by atoms with Crippen molar-refractivity contribution >= 4 is 39.6 Å². The highest BCUT2D eigenvalue weighted by Crippen LogP contribution is 2.19. The third-order valence-corrected chi connectivity index (χ3v) is 3.39. The minimum atomic E-state index is 0.103. The summed E-state index contributed by atoms with van der Waals surface area (Å²) in [6.07, 6.45) is 1.65. The number of halogens is 1. The Kier molecular flexibility index (Phi) is 2.55. The Balaban J connectivity index is 1.80. The van der Waals surface area contributed by atoms with Crippen molar-refractivity contribution in [3.05, 3.63) is 41.7 Å². The highest BCUT2D eigenvalue weighted by molar-refractivity contribution is 6.28. The minimum absolute atomic E-state index is 0.103. The molecule has 0 aliphatic rings. The molecule has 1 aromatic carbocycles. The molecular weight excluding hydrogens is 290 g/mol. The van der Waals surface area contributed by atoms with E-state index in [1.54, 1.807) is 6.33 Å². The van der Waals surface area contributed by atoms with Gasteiger partial charge in [0, 0.05) is 0 Å². The maximum absolute atomic E-state index is 5.85. The molecule has 0 saturated carbocycles. The Morgan fingerprint density at radius 1 is 1.19 bits per heavy atom. The molecule has 7 nitrogen and oxygen atoms in total. The fraction of sp³-hybridized carbons (Fsp3) is 0.0769. The van der Waals surface area contributed by atoms with Crippen LogP contribution in [0.5, 0.6) is 0 Å². The summed E-state index contributed by atoms with van der Waals surface area (Å²) >= 11 is 5.85. The van der Waals surface area contributed by atoms with E-state index in [1.165, 1.54) is 0 Å². The number of nitrogens with zero attached hydrogens (tertiary/aromatic N) is 5. The Labute approximate surface area is 123 Å². The van der Waals surface area contributed by atoms with Gasteiger partial charge in [0.05, 0.1) is 23.9 Å². The number of aromatic nitrogens is 6. The van der Waals surface area contributed by atoms with E-state index < -0.39 is 0 Å². The molecule has 3 N–H and O–H groups in total. The van der Waals surface area contributed by atoms with Crippen molar-refractivity contribution in [2.75, 3.05) is 5.73 Å². The first kappa shape index (κ1) is 12.1. The van der Waals surface area contributed by atoms with Gasteiger partial charge >= 0.3 is 0 Å². The van der Waals surface area contributed by atoms with E-state index in [-0.39, 0.29) is 11.1 Å². The molecule has 0 spiro atoms. The number of aromatic amines is 1. The maximum atomic E-state index is 5.85. The van der Waals surface area contributed by atoms with E-state index in [4.69, 9.17) is 17.3 Å². The van der Waals surface area contributed by atoms with Gasteiger partial charge in [-0.15, -0.1) is 0 Å². The molecule has 3 heterocycles. The smallest absolute Gasteiger partial charge is 0.226 e. The topological polar surface area (TPSA) is 98.3 Å². The number of rotatable bonds is 2. The summed E-state index contributed by atoms with van der Waals surface area (Å²) < 4.78 is 1.83. The number of para-hydroxylation sites is 2. The minimum Gasteiger partial charge on any atom is -0.382 e. The third kappa shape index (κ3) is 1.98. The van der Waals surface area contributed by atoms with E-state index in [0.717, 1.165) is 16.9 Å². The van der Waals surface area contributed by atoms with Gasteiger partial charge in [-0.3, -0.25) is 0 Å². The third-order valence-electron chi connectivity index (χ3n) is 3.22. The molecule has 3 aromatic heterocycles. The van der Waals surface area contributed by atoms with Crippen molar-refractivity contribution in [3.63, 3.8) is 0 Å². The van der Waals surface area contributed by atoms with Crippen molar-refractivity contribution in [1.82, 2.24) is 29.5 Å². The largest absolute Gasteiger partial charge is 0.382 e. The molecule has 4 rings (SSSR count). The number of nitrogens with two attached hydrogens (primary N) is 1. The van der Waals surface area contributed by atoms with Gasteiger partial charge in [0.2, 0.25) is 5.28 Å². The number of hydrogen-bond donors (Lipinski definition) is 2. The molecule has 0 saturated heterocycles. The fourth-order valence-corrected chi connectivity index (χ4v) is 2.47. The highest BCUT2D eigenvalue weighted by atomic mass is 35.5. The lowest BCUT2D eigenvalue weighted by Crippen LogP contribution is -2.02. The van der Waals surface area contributed by atoms with Crippen molar-refractivity contribution in [2.45, 2.75) is 6.54 Å². The Bertz CT molecular complexity index is 923. The van der Waals surface area contributed by atoms with Crippen LogP contribution < -0.4 is 5.73 Å². The van der Waals surface area contributed by atoms with Crippen LogP contribution in [0.3, 0.4) is 0 Å². The fourth-order valence-electron chi connectivity index (χ4n) is 2.30. The summed E-state index contributed by atoms with van der Waals surface area (Å²) in [7, 11) is 0. The monoisotopic (exact) mass is 299 g/mol. The number of nitrogens with one attached hydrogen (secondary N) is 1. The number of hydrogen-bond acceptors (Lipinski definition) is 5. The van der Waals surface area contributed by atoms with Crippen LogP contribution in [0.1, 0.15) is 5.82 Å². The van der Waals surface area contributed by atoms with Gasteiger partial charge in [0.25, 0.3) is 0 Å². The van der Waals surface area contributed by atoms with Crippen LogP contribution in [0.15, 0.2) is 30.6 Å². The summed E-state index contributed by atoms with van der Waals surface area (Å²) in [5.74, 6) is 1.08. The van der Waals surface area contributed by atoms with Gasteiger partial charge in [-0.05, 0) is 23.7 Å². The van der Waals surface area contributed by atoms with E-state index in [1.807, 2.05) is 28.8 Å². The first-order valence-electron chi connectivity index (χ1n) is 6.28. The van der Waals surface area contributed by atoms with Crippen LogP contribution in [-0.4, -0.2) is 29.5 Å². The second-order valence-electron chi connectivity index (χ2n) is 4.62. The number of H-pyrrole nitrogens is 1. The highest BCUT2D eigenvalue weighted by Gasteiger charge is 2.12. The number of anilines is 1. The molecule has 4 aromatic rings. The Hall–Kier alpha value is -2.67. The molecular formula is C13H10ClN7.